The SMILES string of the molecule is CN(CCOc1ccccc1)Cc1nc2ccsc2c(=O)[nH]1. The average Bonchev–Trinajstić information content (AvgIpc) is 2.97. The molecule has 0 saturated carbocycles. The zero-order valence-corrected chi connectivity index (χ0v) is 13.1. The number of nitrogens with zero attached hydrogens (tertiary/aromatic N) is 2. The summed E-state index contributed by atoms with van der Waals surface area (Å²) in [6.45, 7) is 1.92. The van der Waals surface area contributed by atoms with Crippen LogP contribution >= 0.6 is 11.3 Å². The first-order valence-electron chi connectivity index (χ1n) is 7.05. The summed E-state index contributed by atoms with van der Waals surface area (Å²) in [7, 11) is 1.98. The van der Waals surface area contributed by atoms with Crippen LogP contribution in [0.3, 0.4) is 0 Å². The number of para-hydroxylation sites is 1. The van der Waals surface area contributed by atoms with Crippen molar-refractivity contribution in [2.75, 3.05) is 20.2 Å². The minimum absolute atomic E-state index is 0.0658. The van der Waals surface area contributed by atoms with Crippen molar-refractivity contribution in [3.63, 3.8) is 0 Å². The van der Waals surface area contributed by atoms with E-state index in [0.717, 1.165) is 17.8 Å². The lowest BCUT2D eigenvalue weighted by molar-refractivity contribution is 0.230. The Hall–Kier alpha value is -2.18. The number of aromatic amines is 1. The van der Waals surface area contributed by atoms with Crippen molar-refractivity contribution >= 4 is 21.6 Å². The van der Waals surface area contributed by atoms with Gasteiger partial charge in [0.05, 0.1) is 12.1 Å². The predicted molar refractivity (Wildman–Crippen MR) is 88.5 cm³/mol. The van der Waals surface area contributed by atoms with Gasteiger partial charge in [-0.15, -0.1) is 11.3 Å². The fourth-order valence-corrected chi connectivity index (χ4v) is 2.89. The van der Waals surface area contributed by atoms with Crippen molar-refractivity contribution < 1.29 is 4.74 Å². The maximum absolute atomic E-state index is 11.9. The molecule has 0 aliphatic heterocycles. The van der Waals surface area contributed by atoms with Crippen LogP contribution in [0, 0.1) is 0 Å². The van der Waals surface area contributed by atoms with Crippen LogP contribution in [0.4, 0.5) is 0 Å². The Labute approximate surface area is 132 Å². The molecule has 2 heterocycles. The Morgan fingerprint density at radius 3 is 2.91 bits per heavy atom. The van der Waals surface area contributed by atoms with E-state index in [2.05, 4.69) is 14.9 Å². The third-order valence-corrected chi connectivity index (χ3v) is 4.17. The Morgan fingerprint density at radius 2 is 2.09 bits per heavy atom. The fraction of sp³-hybridized carbons (Fsp3) is 0.250. The van der Waals surface area contributed by atoms with Gasteiger partial charge in [0, 0.05) is 6.54 Å². The van der Waals surface area contributed by atoms with Crippen molar-refractivity contribution in [3.05, 3.63) is 58.0 Å². The molecule has 0 bridgehead atoms. The highest BCUT2D eigenvalue weighted by molar-refractivity contribution is 7.17. The first-order valence-corrected chi connectivity index (χ1v) is 7.93. The molecular weight excluding hydrogens is 298 g/mol. The molecule has 0 atom stereocenters. The molecule has 1 aromatic carbocycles. The molecule has 3 aromatic rings. The average molecular weight is 315 g/mol. The van der Waals surface area contributed by atoms with Gasteiger partial charge in [0.1, 0.15) is 22.9 Å². The van der Waals surface area contributed by atoms with E-state index >= 15 is 0 Å². The largest absolute Gasteiger partial charge is 0.492 e. The van der Waals surface area contributed by atoms with E-state index in [0.29, 0.717) is 23.7 Å². The quantitative estimate of drug-likeness (QED) is 0.759. The molecule has 114 valence electrons. The van der Waals surface area contributed by atoms with E-state index in [1.54, 1.807) is 0 Å². The number of rotatable bonds is 6. The van der Waals surface area contributed by atoms with Crippen LogP contribution in [0.15, 0.2) is 46.6 Å². The van der Waals surface area contributed by atoms with Crippen LogP contribution < -0.4 is 10.3 Å². The molecular formula is C16H17N3O2S. The van der Waals surface area contributed by atoms with Gasteiger partial charge in [-0.3, -0.25) is 9.69 Å². The van der Waals surface area contributed by atoms with Crippen molar-refractivity contribution in [3.8, 4) is 5.75 Å². The van der Waals surface area contributed by atoms with Crippen molar-refractivity contribution in [1.29, 1.82) is 0 Å². The summed E-state index contributed by atoms with van der Waals surface area (Å²) in [5.74, 6) is 1.54. The van der Waals surface area contributed by atoms with Gasteiger partial charge < -0.3 is 9.72 Å². The number of benzene rings is 1. The number of hydrogen-bond acceptors (Lipinski definition) is 5. The van der Waals surface area contributed by atoms with Crippen LogP contribution in [0.25, 0.3) is 10.2 Å². The molecule has 0 aliphatic carbocycles. The maximum atomic E-state index is 11.9. The van der Waals surface area contributed by atoms with Crippen LogP contribution in [-0.2, 0) is 6.54 Å². The number of H-pyrrole nitrogens is 1. The number of thiophene rings is 1. The smallest absolute Gasteiger partial charge is 0.268 e. The fourth-order valence-electron chi connectivity index (χ4n) is 2.17. The van der Waals surface area contributed by atoms with Gasteiger partial charge in [-0.25, -0.2) is 4.98 Å². The number of hydrogen-bond donors (Lipinski definition) is 1. The van der Waals surface area contributed by atoms with E-state index in [1.807, 2.05) is 48.8 Å². The van der Waals surface area contributed by atoms with E-state index in [1.165, 1.54) is 11.3 Å². The van der Waals surface area contributed by atoms with E-state index in [9.17, 15) is 4.79 Å². The third kappa shape index (κ3) is 3.52. The lowest BCUT2D eigenvalue weighted by Gasteiger charge is -2.16. The lowest BCUT2D eigenvalue weighted by atomic mass is 10.3. The number of likely N-dealkylation sites (N-methyl/N-ethyl adjacent to an activating group) is 1. The highest BCUT2D eigenvalue weighted by Crippen LogP contribution is 2.14. The summed E-state index contributed by atoms with van der Waals surface area (Å²) in [6, 6.07) is 11.6. The monoisotopic (exact) mass is 315 g/mol. The van der Waals surface area contributed by atoms with Gasteiger partial charge in [0.25, 0.3) is 5.56 Å². The minimum atomic E-state index is -0.0658. The van der Waals surface area contributed by atoms with Crippen LogP contribution in [-0.4, -0.2) is 35.1 Å². The zero-order valence-electron chi connectivity index (χ0n) is 12.3. The summed E-state index contributed by atoms with van der Waals surface area (Å²) in [5, 5.41) is 1.88. The summed E-state index contributed by atoms with van der Waals surface area (Å²) in [5.41, 5.74) is 0.696. The number of fused-ring (bicyclic) bond motifs is 1. The first-order chi connectivity index (χ1) is 10.7. The molecule has 0 fully saturated rings. The summed E-state index contributed by atoms with van der Waals surface area (Å²) < 4.78 is 6.34. The predicted octanol–water partition coefficient (Wildman–Crippen LogP) is 2.50. The number of ether oxygens (including phenoxy) is 1. The Balaban J connectivity index is 1.56. The van der Waals surface area contributed by atoms with E-state index in [-0.39, 0.29) is 5.56 Å². The van der Waals surface area contributed by atoms with Gasteiger partial charge in [0.2, 0.25) is 0 Å². The van der Waals surface area contributed by atoms with E-state index < -0.39 is 0 Å². The topological polar surface area (TPSA) is 58.2 Å². The van der Waals surface area contributed by atoms with Gasteiger partial charge in [0.15, 0.2) is 0 Å². The van der Waals surface area contributed by atoms with Gasteiger partial charge in [-0.05, 0) is 30.6 Å². The normalized spacial score (nSPS) is 11.2. The molecule has 22 heavy (non-hydrogen) atoms. The molecule has 0 radical (unpaired) electrons. The van der Waals surface area contributed by atoms with E-state index in [4.69, 9.17) is 4.74 Å². The van der Waals surface area contributed by atoms with Crippen LogP contribution in [0.2, 0.25) is 0 Å². The molecule has 1 N–H and O–H groups in total. The Morgan fingerprint density at radius 1 is 1.27 bits per heavy atom. The van der Waals surface area contributed by atoms with Crippen molar-refractivity contribution in [2.24, 2.45) is 0 Å². The second-order valence-electron chi connectivity index (χ2n) is 5.05. The van der Waals surface area contributed by atoms with Gasteiger partial charge >= 0.3 is 0 Å². The molecule has 0 saturated heterocycles. The highest BCUT2D eigenvalue weighted by Gasteiger charge is 2.07. The number of nitrogens with one attached hydrogen (secondary N) is 1. The molecule has 0 amide bonds. The van der Waals surface area contributed by atoms with Gasteiger partial charge in [-0.1, -0.05) is 18.2 Å². The van der Waals surface area contributed by atoms with Crippen molar-refractivity contribution in [1.82, 2.24) is 14.9 Å². The van der Waals surface area contributed by atoms with Gasteiger partial charge in [-0.2, -0.15) is 0 Å². The van der Waals surface area contributed by atoms with Crippen LogP contribution in [0.5, 0.6) is 5.75 Å². The summed E-state index contributed by atoms with van der Waals surface area (Å²) >= 11 is 1.41. The molecule has 2 aromatic heterocycles. The Kier molecular flexibility index (Phi) is 4.50. The molecule has 0 unspecified atom stereocenters. The second kappa shape index (κ2) is 6.72. The summed E-state index contributed by atoms with van der Waals surface area (Å²) in [4.78, 5) is 21.3. The van der Waals surface area contributed by atoms with Crippen LogP contribution in [0.1, 0.15) is 5.82 Å². The zero-order chi connectivity index (χ0) is 15.4. The molecule has 3 rings (SSSR count). The first kappa shape index (κ1) is 14.7. The third-order valence-electron chi connectivity index (χ3n) is 3.27. The lowest BCUT2D eigenvalue weighted by Crippen LogP contribution is -2.26. The minimum Gasteiger partial charge on any atom is -0.492 e. The molecule has 5 nitrogen and oxygen atoms in total. The van der Waals surface area contributed by atoms with Crippen molar-refractivity contribution in [2.45, 2.75) is 6.54 Å². The molecule has 0 aliphatic rings. The number of aromatic nitrogens is 2. The second-order valence-corrected chi connectivity index (χ2v) is 5.96. The highest BCUT2D eigenvalue weighted by atomic mass is 32.1. The maximum Gasteiger partial charge on any atom is 0.268 e. The molecule has 6 heteroatoms. The Bertz CT molecular complexity index is 798. The molecule has 0 spiro atoms. The standard InChI is InChI=1S/C16H17N3O2S/c1-19(8-9-21-12-5-3-2-4-6-12)11-14-17-13-7-10-22-15(13)16(20)18-14/h2-7,10H,8-9,11H2,1H3,(H,17,18,20). The summed E-state index contributed by atoms with van der Waals surface area (Å²) in [6.07, 6.45) is 0.